The van der Waals surface area contributed by atoms with Gasteiger partial charge in [-0.3, -0.25) is 0 Å². The summed E-state index contributed by atoms with van der Waals surface area (Å²) < 4.78 is -8.78. The average molecular weight is 516 g/mol. The van der Waals surface area contributed by atoms with E-state index >= 15 is 0 Å². The van der Waals surface area contributed by atoms with Gasteiger partial charge in [-0.25, -0.2) is 0 Å². The second-order valence-corrected chi connectivity index (χ2v) is 11.4. The SMILES string of the molecule is OCCCCc1ccc(C(Cl)(Cl)C(Cl)(Cl)C(Cl)(Cl)C(Cl)(Cl)Cl)cc1. The van der Waals surface area contributed by atoms with Crippen LogP contribution in [0.4, 0.5) is 0 Å². The van der Waals surface area contributed by atoms with Crippen molar-refractivity contribution in [2.75, 3.05) is 6.61 Å². The van der Waals surface area contributed by atoms with Crippen LogP contribution in [0, 0.1) is 0 Å². The second-order valence-electron chi connectivity index (χ2n) is 5.10. The summed E-state index contributed by atoms with van der Waals surface area (Å²) >= 11 is 54.6. The Morgan fingerprint density at radius 2 is 1.21 bits per heavy atom. The molecule has 1 rings (SSSR count). The molecule has 1 N–H and O–H groups in total. The lowest BCUT2D eigenvalue weighted by Crippen LogP contribution is -2.54. The maximum absolute atomic E-state index is 8.80. The Morgan fingerprint density at radius 3 is 1.62 bits per heavy atom. The standard InChI is InChI=1S/C14H13Cl9O/c15-11(16,12(17,18)13(19,20)14(21,22)23)10-6-4-9(5-7-10)3-1-2-8-24/h4-7,24H,1-3,8H2. The predicted molar refractivity (Wildman–Crippen MR) is 109 cm³/mol. The van der Waals surface area contributed by atoms with Crippen LogP contribution in [0.2, 0.25) is 0 Å². The largest absolute Gasteiger partial charge is 0.396 e. The first-order valence-corrected chi connectivity index (χ1v) is 10.1. The molecule has 0 aliphatic heterocycles. The van der Waals surface area contributed by atoms with Gasteiger partial charge < -0.3 is 5.11 Å². The van der Waals surface area contributed by atoms with Gasteiger partial charge >= 0.3 is 0 Å². The topological polar surface area (TPSA) is 20.2 Å². The van der Waals surface area contributed by atoms with Gasteiger partial charge in [0, 0.05) is 6.61 Å². The lowest BCUT2D eigenvalue weighted by atomic mass is 10.0. The quantitative estimate of drug-likeness (QED) is 0.297. The second kappa shape index (κ2) is 8.86. The van der Waals surface area contributed by atoms with E-state index in [1.54, 1.807) is 24.3 Å². The number of hydrogen-bond donors (Lipinski definition) is 1. The molecule has 0 amide bonds. The summed E-state index contributed by atoms with van der Waals surface area (Å²) in [7, 11) is 0. The van der Waals surface area contributed by atoms with Crippen LogP contribution in [0.1, 0.15) is 24.0 Å². The van der Waals surface area contributed by atoms with Crippen molar-refractivity contribution in [1.29, 1.82) is 0 Å². The van der Waals surface area contributed by atoms with Gasteiger partial charge in [-0.05, 0) is 30.4 Å². The van der Waals surface area contributed by atoms with Crippen LogP contribution in [-0.4, -0.2) is 24.2 Å². The van der Waals surface area contributed by atoms with E-state index in [0.29, 0.717) is 12.0 Å². The van der Waals surface area contributed by atoms with Crippen molar-refractivity contribution in [2.24, 2.45) is 0 Å². The molecule has 0 radical (unpaired) electrons. The molecule has 0 heterocycles. The first kappa shape index (κ1) is 23.8. The monoisotopic (exact) mass is 512 g/mol. The van der Waals surface area contributed by atoms with Crippen LogP contribution in [-0.2, 0) is 10.8 Å². The van der Waals surface area contributed by atoms with Gasteiger partial charge in [0.25, 0.3) is 0 Å². The van der Waals surface area contributed by atoms with E-state index in [-0.39, 0.29) is 6.61 Å². The minimum Gasteiger partial charge on any atom is -0.396 e. The Bertz CT molecular complexity index is 534. The maximum atomic E-state index is 8.80. The number of aliphatic hydroxyl groups excluding tert-OH is 1. The zero-order valence-electron chi connectivity index (χ0n) is 12.0. The van der Waals surface area contributed by atoms with Gasteiger partial charge in [0.15, 0.2) is 8.67 Å². The van der Waals surface area contributed by atoms with Crippen molar-refractivity contribution in [3.63, 3.8) is 0 Å². The number of benzene rings is 1. The minimum atomic E-state index is -2.31. The van der Waals surface area contributed by atoms with E-state index in [1.807, 2.05) is 0 Å². The highest BCUT2D eigenvalue weighted by atomic mass is 35.6. The van der Waals surface area contributed by atoms with Crippen LogP contribution in [0.3, 0.4) is 0 Å². The highest BCUT2D eigenvalue weighted by Gasteiger charge is 2.68. The van der Waals surface area contributed by atoms with E-state index in [0.717, 1.165) is 18.4 Å². The number of rotatable bonds is 7. The van der Waals surface area contributed by atoms with Crippen LogP contribution >= 0.6 is 104 Å². The zero-order valence-corrected chi connectivity index (χ0v) is 18.8. The van der Waals surface area contributed by atoms with E-state index < -0.39 is 16.8 Å². The van der Waals surface area contributed by atoms with Crippen LogP contribution in [0.25, 0.3) is 0 Å². The van der Waals surface area contributed by atoms with Crippen molar-refractivity contribution >= 4 is 104 Å². The molecule has 1 aromatic carbocycles. The summed E-state index contributed by atoms with van der Waals surface area (Å²) in [5, 5.41) is 8.80. The molecule has 0 unspecified atom stereocenters. The number of aliphatic hydroxyl groups is 1. The van der Waals surface area contributed by atoms with Crippen molar-refractivity contribution in [1.82, 2.24) is 0 Å². The minimum absolute atomic E-state index is 0.149. The van der Waals surface area contributed by atoms with Crippen LogP contribution in [0.5, 0.6) is 0 Å². The highest BCUT2D eigenvalue weighted by molar-refractivity contribution is 6.80. The molecule has 0 spiro atoms. The Kier molecular flexibility index (Phi) is 8.80. The third-order valence-corrected chi connectivity index (χ3v) is 8.81. The normalized spacial score (nSPS) is 14.1. The van der Waals surface area contributed by atoms with Crippen molar-refractivity contribution in [3.05, 3.63) is 35.4 Å². The van der Waals surface area contributed by atoms with Gasteiger partial charge in [0.05, 0.1) is 0 Å². The maximum Gasteiger partial charge on any atom is 0.226 e. The lowest BCUT2D eigenvalue weighted by Gasteiger charge is -2.44. The summed E-state index contributed by atoms with van der Waals surface area (Å²) in [4.78, 5) is 0. The number of halogens is 9. The summed E-state index contributed by atoms with van der Waals surface area (Å²) in [5.41, 5.74) is 1.36. The smallest absolute Gasteiger partial charge is 0.226 e. The summed E-state index contributed by atoms with van der Waals surface area (Å²) in [5.74, 6) is 0. The molecule has 0 aliphatic carbocycles. The van der Waals surface area contributed by atoms with E-state index in [9.17, 15) is 0 Å². The molecule has 24 heavy (non-hydrogen) atoms. The number of unbranched alkanes of at least 4 members (excludes halogenated alkanes) is 1. The molecule has 0 aromatic heterocycles. The number of hydrogen-bond acceptors (Lipinski definition) is 1. The molecular formula is C14H13Cl9O. The predicted octanol–water partition coefficient (Wildman–Crippen LogP) is 7.35. The van der Waals surface area contributed by atoms with Crippen LogP contribution < -0.4 is 0 Å². The van der Waals surface area contributed by atoms with E-state index in [1.165, 1.54) is 0 Å². The molecule has 0 atom stereocenters. The fraction of sp³-hybridized carbons (Fsp3) is 0.571. The fourth-order valence-electron chi connectivity index (χ4n) is 1.88. The molecule has 1 nitrogen and oxygen atoms in total. The first-order chi connectivity index (χ1) is 10.8. The molecule has 0 aliphatic rings. The van der Waals surface area contributed by atoms with Gasteiger partial charge in [-0.15, -0.1) is 0 Å². The lowest BCUT2D eigenvalue weighted by molar-refractivity contribution is 0.284. The molecule has 0 saturated heterocycles. The average Bonchev–Trinajstić information content (AvgIpc) is 2.46. The summed E-state index contributed by atoms with van der Waals surface area (Å²) in [6.45, 7) is 0.149. The fourth-order valence-corrected chi connectivity index (χ4v) is 4.11. The summed E-state index contributed by atoms with van der Waals surface area (Å²) in [6.07, 6.45) is 2.35. The van der Waals surface area contributed by atoms with Gasteiger partial charge in [-0.2, -0.15) is 0 Å². The first-order valence-electron chi connectivity index (χ1n) is 6.69. The Balaban J connectivity index is 3.10. The van der Waals surface area contributed by atoms with Crippen LogP contribution in [0.15, 0.2) is 24.3 Å². The van der Waals surface area contributed by atoms with E-state index in [4.69, 9.17) is 110 Å². The third kappa shape index (κ3) is 4.98. The molecule has 10 heteroatoms. The number of alkyl halides is 9. The molecule has 0 bridgehead atoms. The molecule has 1 aromatic rings. The Morgan fingerprint density at radius 1 is 0.708 bits per heavy atom. The van der Waals surface area contributed by atoms with E-state index in [2.05, 4.69) is 0 Å². The van der Waals surface area contributed by atoms with Gasteiger partial charge in [0.2, 0.25) is 8.13 Å². The van der Waals surface area contributed by atoms with Crippen molar-refractivity contribution in [2.45, 2.75) is 36.1 Å². The number of aryl methyl sites for hydroxylation is 1. The third-order valence-electron chi connectivity index (χ3n) is 3.33. The molecule has 0 fully saturated rings. The van der Waals surface area contributed by atoms with Crippen molar-refractivity contribution < 1.29 is 5.11 Å². The molecule has 0 saturated carbocycles. The highest BCUT2D eigenvalue weighted by Crippen LogP contribution is 2.65. The summed E-state index contributed by atoms with van der Waals surface area (Å²) in [6, 6.07) is 6.87. The van der Waals surface area contributed by atoms with Crippen molar-refractivity contribution in [3.8, 4) is 0 Å². The van der Waals surface area contributed by atoms with Gasteiger partial charge in [-0.1, -0.05) is 129 Å². The molecular weight excluding hydrogens is 503 g/mol. The molecule has 138 valence electrons. The van der Waals surface area contributed by atoms with Gasteiger partial charge in [0.1, 0.15) is 0 Å². The Hall–Kier alpha value is 1.79. The zero-order chi connectivity index (χ0) is 18.8. The Labute approximate surface area is 186 Å².